The molecule has 7 nitrogen and oxygen atoms in total. The molecule has 1 atom stereocenters. The van der Waals surface area contributed by atoms with Crippen molar-refractivity contribution in [2.45, 2.75) is 23.8 Å². The number of sulfonamides is 1. The van der Waals surface area contributed by atoms with Crippen LogP contribution in [0.4, 0.5) is 5.69 Å². The molecule has 1 fully saturated rings. The summed E-state index contributed by atoms with van der Waals surface area (Å²) in [6.45, 7) is 1.10. The Morgan fingerprint density at radius 2 is 2.05 bits per heavy atom. The minimum absolute atomic E-state index is 0.0554. The number of nitrogens with zero attached hydrogens (tertiary/aromatic N) is 2. The Labute approximate surface area is 117 Å². The van der Waals surface area contributed by atoms with E-state index in [0.717, 1.165) is 12.8 Å². The fourth-order valence-corrected chi connectivity index (χ4v) is 4.13. The molecule has 0 bridgehead atoms. The molecule has 0 saturated carbocycles. The predicted molar refractivity (Wildman–Crippen MR) is 73.9 cm³/mol. The van der Waals surface area contributed by atoms with Gasteiger partial charge in [0, 0.05) is 31.3 Å². The van der Waals surface area contributed by atoms with Crippen molar-refractivity contribution < 1.29 is 13.3 Å². The van der Waals surface area contributed by atoms with Crippen molar-refractivity contribution in [2.75, 3.05) is 20.1 Å². The quantitative estimate of drug-likeness (QED) is 0.646. The Hall–Kier alpha value is -1.51. The Kier molecular flexibility index (Phi) is 4.36. The van der Waals surface area contributed by atoms with E-state index in [-0.39, 0.29) is 16.6 Å². The van der Waals surface area contributed by atoms with Gasteiger partial charge in [0.2, 0.25) is 10.0 Å². The molecule has 1 aromatic carbocycles. The highest BCUT2D eigenvalue weighted by molar-refractivity contribution is 7.89. The van der Waals surface area contributed by atoms with Gasteiger partial charge in [-0.15, -0.1) is 0 Å². The van der Waals surface area contributed by atoms with E-state index in [4.69, 9.17) is 0 Å². The summed E-state index contributed by atoms with van der Waals surface area (Å²) < 4.78 is 26.5. The maximum Gasteiger partial charge on any atom is 0.269 e. The highest BCUT2D eigenvalue weighted by atomic mass is 32.2. The molecular weight excluding hydrogens is 282 g/mol. The van der Waals surface area contributed by atoms with Crippen molar-refractivity contribution in [3.63, 3.8) is 0 Å². The van der Waals surface area contributed by atoms with E-state index in [1.807, 2.05) is 0 Å². The molecule has 1 aliphatic rings. The van der Waals surface area contributed by atoms with Gasteiger partial charge >= 0.3 is 0 Å². The minimum Gasteiger partial charge on any atom is -0.318 e. The van der Waals surface area contributed by atoms with Crippen molar-refractivity contribution in [1.29, 1.82) is 0 Å². The lowest BCUT2D eigenvalue weighted by Crippen LogP contribution is -2.40. The Morgan fingerprint density at radius 3 is 2.60 bits per heavy atom. The standard InChI is InChI=1S/C12H17N3O4S/c1-13-9-11-3-2-8-14(11)20(18,19)12-6-4-10(5-7-12)15(16)17/h4-7,11,13H,2-3,8-9H2,1H3. The number of nitro groups is 1. The predicted octanol–water partition coefficient (Wildman–Crippen LogP) is 0.967. The minimum atomic E-state index is -3.58. The molecule has 0 aliphatic carbocycles. The number of nitrogens with one attached hydrogen (secondary N) is 1. The fourth-order valence-electron chi connectivity index (χ4n) is 2.44. The zero-order chi connectivity index (χ0) is 14.8. The van der Waals surface area contributed by atoms with Crippen LogP contribution in [0, 0.1) is 10.1 Å². The lowest BCUT2D eigenvalue weighted by atomic mass is 10.2. The zero-order valence-corrected chi connectivity index (χ0v) is 12.0. The number of nitro benzene ring substituents is 1. The second-order valence-electron chi connectivity index (χ2n) is 4.72. The average molecular weight is 299 g/mol. The maximum atomic E-state index is 12.5. The van der Waals surface area contributed by atoms with Crippen LogP contribution in [0.25, 0.3) is 0 Å². The van der Waals surface area contributed by atoms with Gasteiger partial charge in [-0.25, -0.2) is 8.42 Å². The summed E-state index contributed by atoms with van der Waals surface area (Å²) in [5, 5.41) is 13.6. The third-order valence-corrected chi connectivity index (χ3v) is 5.38. The number of hydrogen-bond acceptors (Lipinski definition) is 5. The molecule has 1 heterocycles. The summed E-state index contributed by atoms with van der Waals surface area (Å²) in [6.07, 6.45) is 1.66. The number of hydrogen-bond donors (Lipinski definition) is 1. The third-order valence-electron chi connectivity index (χ3n) is 3.42. The summed E-state index contributed by atoms with van der Waals surface area (Å²) >= 11 is 0. The molecule has 0 radical (unpaired) electrons. The average Bonchev–Trinajstić information content (AvgIpc) is 2.88. The van der Waals surface area contributed by atoms with E-state index in [0.29, 0.717) is 13.1 Å². The van der Waals surface area contributed by atoms with Gasteiger partial charge in [-0.05, 0) is 32.0 Å². The van der Waals surface area contributed by atoms with Crippen LogP contribution < -0.4 is 5.32 Å². The molecule has 2 rings (SSSR count). The molecule has 110 valence electrons. The molecule has 20 heavy (non-hydrogen) atoms. The second-order valence-corrected chi connectivity index (χ2v) is 6.61. The first-order valence-electron chi connectivity index (χ1n) is 6.37. The highest BCUT2D eigenvalue weighted by Crippen LogP contribution is 2.26. The monoisotopic (exact) mass is 299 g/mol. The van der Waals surface area contributed by atoms with Gasteiger partial charge in [0.1, 0.15) is 0 Å². The van der Waals surface area contributed by atoms with Crippen LogP contribution in [0.1, 0.15) is 12.8 Å². The molecule has 0 amide bonds. The Bertz CT molecular complexity index is 585. The molecule has 1 unspecified atom stereocenters. The third kappa shape index (κ3) is 2.82. The van der Waals surface area contributed by atoms with Crippen molar-refractivity contribution in [1.82, 2.24) is 9.62 Å². The molecule has 0 aromatic heterocycles. The van der Waals surface area contributed by atoms with Gasteiger partial charge in [-0.1, -0.05) is 0 Å². The Morgan fingerprint density at radius 1 is 1.40 bits per heavy atom. The summed E-state index contributed by atoms with van der Waals surface area (Å²) in [5.74, 6) is 0. The molecule has 1 saturated heterocycles. The lowest BCUT2D eigenvalue weighted by molar-refractivity contribution is -0.384. The van der Waals surface area contributed by atoms with E-state index < -0.39 is 14.9 Å². The topological polar surface area (TPSA) is 92.6 Å². The van der Waals surface area contributed by atoms with Crippen molar-refractivity contribution in [3.05, 3.63) is 34.4 Å². The second kappa shape index (κ2) is 5.86. The molecule has 1 N–H and O–H groups in total. The van der Waals surface area contributed by atoms with Gasteiger partial charge in [-0.2, -0.15) is 4.31 Å². The van der Waals surface area contributed by atoms with Gasteiger partial charge in [-0.3, -0.25) is 10.1 Å². The van der Waals surface area contributed by atoms with E-state index in [9.17, 15) is 18.5 Å². The smallest absolute Gasteiger partial charge is 0.269 e. The van der Waals surface area contributed by atoms with Crippen molar-refractivity contribution >= 4 is 15.7 Å². The summed E-state index contributed by atoms with van der Waals surface area (Å²) in [7, 11) is -1.80. The fraction of sp³-hybridized carbons (Fsp3) is 0.500. The van der Waals surface area contributed by atoms with E-state index in [1.165, 1.54) is 28.6 Å². The Balaban J connectivity index is 2.27. The van der Waals surface area contributed by atoms with Crippen LogP contribution in [0.2, 0.25) is 0 Å². The van der Waals surface area contributed by atoms with Crippen LogP contribution >= 0.6 is 0 Å². The largest absolute Gasteiger partial charge is 0.318 e. The number of non-ortho nitro benzene ring substituents is 1. The van der Waals surface area contributed by atoms with Gasteiger partial charge < -0.3 is 5.32 Å². The van der Waals surface area contributed by atoms with Crippen molar-refractivity contribution in [2.24, 2.45) is 0 Å². The first-order valence-corrected chi connectivity index (χ1v) is 7.81. The maximum absolute atomic E-state index is 12.5. The van der Waals surface area contributed by atoms with Crippen LogP contribution in [0.15, 0.2) is 29.2 Å². The normalized spacial score (nSPS) is 20.1. The van der Waals surface area contributed by atoms with Crippen LogP contribution in [-0.2, 0) is 10.0 Å². The van der Waals surface area contributed by atoms with E-state index in [1.54, 1.807) is 7.05 Å². The van der Waals surface area contributed by atoms with Crippen LogP contribution in [0.3, 0.4) is 0 Å². The van der Waals surface area contributed by atoms with Crippen LogP contribution in [-0.4, -0.2) is 43.8 Å². The highest BCUT2D eigenvalue weighted by Gasteiger charge is 2.34. The summed E-state index contributed by atoms with van der Waals surface area (Å²) in [4.78, 5) is 10.2. The van der Waals surface area contributed by atoms with Gasteiger partial charge in [0.05, 0.1) is 9.82 Å². The SMILES string of the molecule is CNCC1CCCN1S(=O)(=O)c1ccc([N+](=O)[O-])cc1. The van der Waals surface area contributed by atoms with Crippen molar-refractivity contribution in [3.8, 4) is 0 Å². The summed E-state index contributed by atoms with van der Waals surface area (Å²) in [5.41, 5.74) is -0.114. The zero-order valence-electron chi connectivity index (χ0n) is 11.2. The molecular formula is C12H17N3O4S. The molecule has 1 aromatic rings. The van der Waals surface area contributed by atoms with E-state index in [2.05, 4.69) is 5.32 Å². The number of likely N-dealkylation sites (N-methyl/N-ethyl adjacent to an activating group) is 1. The first-order chi connectivity index (χ1) is 9.46. The lowest BCUT2D eigenvalue weighted by Gasteiger charge is -2.23. The number of benzene rings is 1. The van der Waals surface area contributed by atoms with Gasteiger partial charge in [0.15, 0.2) is 0 Å². The van der Waals surface area contributed by atoms with Gasteiger partial charge in [0.25, 0.3) is 5.69 Å². The molecule has 8 heteroatoms. The van der Waals surface area contributed by atoms with Crippen LogP contribution in [0.5, 0.6) is 0 Å². The van der Waals surface area contributed by atoms with E-state index >= 15 is 0 Å². The molecule has 0 spiro atoms. The molecule has 1 aliphatic heterocycles. The first kappa shape index (κ1) is 14.9. The number of rotatable bonds is 5. The summed E-state index contributed by atoms with van der Waals surface area (Å²) in [6, 6.07) is 4.97.